The highest BCUT2D eigenvalue weighted by Gasteiger charge is 2.52. The fourth-order valence-corrected chi connectivity index (χ4v) is 3.19. The first-order valence-electron chi connectivity index (χ1n) is 7.64. The van der Waals surface area contributed by atoms with E-state index < -0.39 is 5.97 Å². The number of nitrogens with zero attached hydrogens (tertiary/aromatic N) is 2. The smallest absolute Gasteiger partial charge is 0.320 e. The van der Waals surface area contributed by atoms with Crippen molar-refractivity contribution in [3.8, 4) is 0 Å². The molecular weight excluding hydrogens is 270 g/mol. The van der Waals surface area contributed by atoms with Gasteiger partial charge in [0.2, 0.25) is 0 Å². The second-order valence-electron chi connectivity index (χ2n) is 6.56. The summed E-state index contributed by atoms with van der Waals surface area (Å²) < 4.78 is 0. The minimum atomic E-state index is -0.867. The van der Waals surface area contributed by atoms with Crippen LogP contribution in [0.2, 0.25) is 0 Å². The molecule has 1 rings (SSSR count). The van der Waals surface area contributed by atoms with E-state index in [0.717, 1.165) is 19.3 Å². The Bertz CT molecular complexity index is 386. The topological polar surface area (TPSA) is 74.2 Å². The summed E-state index contributed by atoms with van der Waals surface area (Å²) in [6, 6.07) is 0. The molecule has 6 heteroatoms. The van der Waals surface area contributed by atoms with E-state index in [1.165, 1.54) is 0 Å². The maximum absolute atomic E-state index is 11.2. The van der Waals surface area contributed by atoms with Crippen molar-refractivity contribution in [1.82, 2.24) is 10.5 Å². The largest absolute Gasteiger partial charge is 0.480 e. The average Bonchev–Trinajstić information content (AvgIpc) is 2.62. The van der Waals surface area contributed by atoms with E-state index in [-0.39, 0.29) is 17.7 Å². The van der Waals surface area contributed by atoms with Crippen LogP contribution < -0.4 is 5.43 Å². The fraction of sp³-hybridized carbons (Fsp3) is 0.867. The molecule has 1 saturated heterocycles. The van der Waals surface area contributed by atoms with Gasteiger partial charge in [-0.3, -0.25) is 9.63 Å². The van der Waals surface area contributed by atoms with E-state index >= 15 is 0 Å². The molecule has 21 heavy (non-hydrogen) atoms. The standard InChI is InChI=1S/C15H29N3O3/c1-6-14(4)11-15(9-12(2)3,7-8-17-16-5)18(21-14)10-13(19)20/h8,12,16H,6-7,9-11H2,1-5H3,(H,19,20)/b17-8+/t14?,15-/m1/s1. The number of hydrogen-bond acceptors (Lipinski definition) is 5. The highest BCUT2D eigenvalue weighted by atomic mass is 16.7. The number of hydrazone groups is 1. The molecule has 0 amide bonds. The summed E-state index contributed by atoms with van der Waals surface area (Å²) in [5, 5.41) is 14.9. The Hall–Kier alpha value is -1.14. The third-order valence-corrected chi connectivity index (χ3v) is 4.07. The van der Waals surface area contributed by atoms with Crippen LogP contribution in [0.3, 0.4) is 0 Å². The quantitative estimate of drug-likeness (QED) is 0.531. The molecule has 1 fully saturated rings. The molecular formula is C15H29N3O3. The number of carboxylic acids is 1. The molecule has 0 aliphatic carbocycles. The van der Waals surface area contributed by atoms with Crippen LogP contribution in [0, 0.1) is 5.92 Å². The van der Waals surface area contributed by atoms with Gasteiger partial charge in [-0.1, -0.05) is 20.8 Å². The Morgan fingerprint density at radius 2 is 2.24 bits per heavy atom. The van der Waals surface area contributed by atoms with Crippen molar-refractivity contribution in [3.05, 3.63) is 0 Å². The van der Waals surface area contributed by atoms with E-state index in [2.05, 4.69) is 38.2 Å². The van der Waals surface area contributed by atoms with Gasteiger partial charge in [0.05, 0.1) is 11.1 Å². The van der Waals surface area contributed by atoms with Gasteiger partial charge in [0.1, 0.15) is 6.54 Å². The van der Waals surface area contributed by atoms with Crippen LogP contribution >= 0.6 is 0 Å². The lowest BCUT2D eigenvalue weighted by atomic mass is 9.78. The zero-order valence-corrected chi connectivity index (χ0v) is 13.8. The van der Waals surface area contributed by atoms with Crippen molar-refractivity contribution in [2.45, 2.75) is 64.5 Å². The molecule has 1 heterocycles. The SMILES string of the molecule is CCC1(C)C[C@@](C/C=N/NC)(CC(C)C)N(CC(=O)O)O1. The molecule has 1 aliphatic rings. The van der Waals surface area contributed by atoms with E-state index in [4.69, 9.17) is 4.84 Å². The van der Waals surface area contributed by atoms with Crippen molar-refractivity contribution >= 4 is 12.2 Å². The van der Waals surface area contributed by atoms with Crippen LogP contribution in [-0.4, -0.2) is 47.1 Å². The Balaban J connectivity index is 3.07. The highest BCUT2D eigenvalue weighted by Crippen LogP contribution is 2.45. The summed E-state index contributed by atoms with van der Waals surface area (Å²) >= 11 is 0. The molecule has 6 nitrogen and oxygen atoms in total. The number of rotatable bonds is 8. The zero-order valence-electron chi connectivity index (χ0n) is 13.8. The normalized spacial score (nSPS) is 30.4. The first kappa shape index (κ1) is 17.9. The van der Waals surface area contributed by atoms with Crippen molar-refractivity contribution < 1.29 is 14.7 Å². The highest BCUT2D eigenvalue weighted by molar-refractivity contribution is 5.69. The summed E-state index contributed by atoms with van der Waals surface area (Å²) in [6.45, 7) is 8.33. The van der Waals surface area contributed by atoms with E-state index in [0.29, 0.717) is 12.3 Å². The molecule has 0 bridgehead atoms. The van der Waals surface area contributed by atoms with E-state index in [1.807, 2.05) is 6.21 Å². The summed E-state index contributed by atoms with van der Waals surface area (Å²) in [7, 11) is 1.75. The van der Waals surface area contributed by atoms with Gasteiger partial charge in [0.15, 0.2) is 0 Å². The third kappa shape index (κ3) is 4.68. The number of carbonyl (C=O) groups is 1. The molecule has 2 N–H and O–H groups in total. The minimum Gasteiger partial charge on any atom is -0.480 e. The summed E-state index contributed by atoms with van der Waals surface area (Å²) in [4.78, 5) is 17.2. The summed E-state index contributed by atoms with van der Waals surface area (Å²) in [5.41, 5.74) is 2.13. The Labute approximate surface area is 127 Å². The number of carboxylic acid groups (broad SMARTS) is 1. The lowest BCUT2D eigenvalue weighted by Gasteiger charge is -2.36. The van der Waals surface area contributed by atoms with Crippen LogP contribution in [0.15, 0.2) is 5.10 Å². The second-order valence-corrected chi connectivity index (χ2v) is 6.56. The number of aliphatic carboxylic acids is 1. The predicted molar refractivity (Wildman–Crippen MR) is 83.1 cm³/mol. The van der Waals surface area contributed by atoms with Crippen LogP contribution in [-0.2, 0) is 9.63 Å². The predicted octanol–water partition coefficient (Wildman–Crippen LogP) is 2.26. The Morgan fingerprint density at radius 3 is 2.71 bits per heavy atom. The second kappa shape index (κ2) is 7.22. The molecule has 0 aromatic carbocycles. The van der Waals surface area contributed by atoms with Crippen LogP contribution in [0.1, 0.15) is 53.4 Å². The maximum Gasteiger partial charge on any atom is 0.320 e. The maximum atomic E-state index is 11.2. The van der Waals surface area contributed by atoms with Crippen molar-refractivity contribution in [2.75, 3.05) is 13.6 Å². The molecule has 1 aliphatic heterocycles. The van der Waals surface area contributed by atoms with Gasteiger partial charge >= 0.3 is 5.97 Å². The Morgan fingerprint density at radius 1 is 1.57 bits per heavy atom. The molecule has 0 aromatic rings. The number of hydrogen-bond donors (Lipinski definition) is 2. The molecule has 0 spiro atoms. The van der Waals surface area contributed by atoms with Gasteiger partial charge in [-0.05, 0) is 32.1 Å². The molecule has 0 aromatic heterocycles. The lowest BCUT2D eigenvalue weighted by molar-refractivity contribution is -0.222. The van der Waals surface area contributed by atoms with Gasteiger partial charge < -0.3 is 10.5 Å². The molecule has 2 atom stereocenters. The monoisotopic (exact) mass is 299 g/mol. The Kier molecular flexibility index (Phi) is 6.16. The third-order valence-electron chi connectivity index (χ3n) is 4.07. The first-order valence-corrected chi connectivity index (χ1v) is 7.64. The average molecular weight is 299 g/mol. The van der Waals surface area contributed by atoms with Crippen molar-refractivity contribution in [3.63, 3.8) is 0 Å². The zero-order chi connectivity index (χ0) is 16.1. The first-order chi connectivity index (χ1) is 9.77. The van der Waals surface area contributed by atoms with Crippen LogP contribution in [0.25, 0.3) is 0 Å². The minimum absolute atomic E-state index is 0.101. The molecule has 0 saturated carbocycles. The summed E-state index contributed by atoms with van der Waals surface area (Å²) in [5.74, 6) is -0.416. The molecule has 1 unspecified atom stereocenters. The lowest BCUT2D eigenvalue weighted by Crippen LogP contribution is -2.46. The van der Waals surface area contributed by atoms with Gasteiger partial charge in [0, 0.05) is 19.7 Å². The van der Waals surface area contributed by atoms with Crippen LogP contribution in [0.5, 0.6) is 0 Å². The van der Waals surface area contributed by atoms with Gasteiger partial charge in [0.25, 0.3) is 0 Å². The van der Waals surface area contributed by atoms with Crippen molar-refractivity contribution in [2.24, 2.45) is 11.0 Å². The van der Waals surface area contributed by atoms with Gasteiger partial charge in [-0.2, -0.15) is 10.2 Å². The van der Waals surface area contributed by atoms with Gasteiger partial charge in [-0.15, -0.1) is 0 Å². The van der Waals surface area contributed by atoms with Gasteiger partial charge in [-0.25, -0.2) is 0 Å². The van der Waals surface area contributed by atoms with Crippen molar-refractivity contribution in [1.29, 1.82) is 0 Å². The van der Waals surface area contributed by atoms with E-state index in [1.54, 1.807) is 12.1 Å². The molecule has 0 radical (unpaired) electrons. The van der Waals surface area contributed by atoms with Crippen LogP contribution in [0.4, 0.5) is 0 Å². The fourth-order valence-electron chi connectivity index (χ4n) is 3.19. The number of nitrogens with one attached hydrogen (secondary N) is 1. The summed E-state index contributed by atoms with van der Waals surface area (Å²) in [6.07, 6.45) is 5.05. The molecule has 122 valence electrons. The number of hydroxylamine groups is 2. The van der Waals surface area contributed by atoms with E-state index in [9.17, 15) is 9.90 Å².